The molecule has 3 aromatic carbocycles. The van der Waals surface area contributed by atoms with E-state index in [1.54, 1.807) is 32.4 Å². The zero-order valence-corrected chi connectivity index (χ0v) is 18.0. The van der Waals surface area contributed by atoms with Crippen molar-refractivity contribution in [1.82, 2.24) is 0 Å². The number of hydrogen-bond donors (Lipinski definition) is 0. The van der Waals surface area contributed by atoms with Crippen molar-refractivity contribution >= 4 is 22.5 Å². The minimum atomic E-state index is -0.407. The van der Waals surface area contributed by atoms with Gasteiger partial charge in [0.2, 0.25) is 0 Å². The molecule has 0 spiro atoms. The van der Waals surface area contributed by atoms with Crippen molar-refractivity contribution in [3.63, 3.8) is 0 Å². The Morgan fingerprint density at radius 1 is 0.839 bits per heavy atom. The second-order valence-corrected chi connectivity index (χ2v) is 7.03. The van der Waals surface area contributed by atoms with Gasteiger partial charge in [-0.2, -0.15) is 0 Å². The number of methoxy groups -OCH3 is 4. The van der Waals surface area contributed by atoms with E-state index in [0.29, 0.717) is 56.2 Å². The summed E-state index contributed by atoms with van der Waals surface area (Å²) in [4.78, 5) is 24.8. The number of carbonyl (C=O) groups is 2. The first-order chi connectivity index (χ1) is 15.0. The number of ketones is 1. The van der Waals surface area contributed by atoms with Gasteiger partial charge in [0, 0.05) is 29.0 Å². The smallest absolute Gasteiger partial charge is 0.302 e. The van der Waals surface area contributed by atoms with Gasteiger partial charge in [-0.05, 0) is 23.8 Å². The van der Waals surface area contributed by atoms with Crippen LogP contribution in [0.15, 0.2) is 30.3 Å². The first kappa shape index (κ1) is 20.5. The second kappa shape index (κ2) is 7.83. The summed E-state index contributed by atoms with van der Waals surface area (Å²) in [5.41, 5.74) is 2.69. The van der Waals surface area contributed by atoms with Crippen LogP contribution in [0.4, 0.5) is 0 Å². The topological polar surface area (TPSA) is 80.3 Å². The molecule has 0 bridgehead atoms. The zero-order chi connectivity index (χ0) is 22.3. The van der Waals surface area contributed by atoms with Crippen LogP contribution in [0.2, 0.25) is 0 Å². The monoisotopic (exact) mass is 422 g/mol. The highest BCUT2D eigenvalue weighted by atomic mass is 16.5. The van der Waals surface area contributed by atoms with E-state index in [1.807, 2.05) is 12.1 Å². The van der Waals surface area contributed by atoms with Crippen LogP contribution in [0.5, 0.6) is 23.0 Å². The van der Waals surface area contributed by atoms with E-state index < -0.39 is 5.97 Å². The SMILES string of the molecule is COc1cc(COC(C)=O)cc2c1-c1c(c(OC)c3c(OC)cccc3c1OC)C2=O. The Kier molecular flexibility index (Phi) is 5.19. The Bertz CT molecular complexity index is 1230. The van der Waals surface area contributed by atoms with E-state index in [4.69, 9.17) is 23.7 Å². The average Bonchev–Trinajstić information content (AvgIpc) is 3.07. The molecule has 0 saturated heterocycles. The molecule has 0 saturated carbocycles. The van der Waals surface area contributed by atoms with Crippen LogP contribution in [0, 0.1) is 0 Å². The van der Waals surface area contributed by atoms with Crippen molar-refractivity contribution in [2.75, 3.05) is 28.4 Å². The fourth-order valence-corrected chi connectivity index (χ4v) is 4.16. The van der Waals surface area contributed by atoms with Crippen molar-refractivity contribution in [1.29, 1.82) is 0 Å². The zero-order valence-electron chi connectivity index (χ0n) is 18.0. The van der Waals surface area contributed by atoms with Gasteiger partial charge in [-0.25, -0.2) is 0 Å². The van der Waals surface area contributed by atoms with Gasteiger partial charge < -0.3 is 23.7 Å². The molecule has 0 aromatic heterocycles. The summed E-state index contributed by atoms with van der Waals surface area (Å²) in [5, 5.41) is 1.41. The predicted molar refractivity (Wildman–Crippen MR) is 114 cm³/mol. The molecule has 3 aromatic rings. The van der Waals surface area contributed by atoms with Gasteiger partial charge in [0.25, 0.3) is 0 Å². The maximum absolute atomic E-state index is 13.6. The third kappa shape index (κ3) is 3.04. The van der Waals surface area contributed by atoms with E-state index in [1.165, 1.54) is 21.1 Å². The van der Waals surface area contributed by atoms with Gasteiger partial charge in [0.1, 0.15) is 29.6 Å². The molecule has 4 rings (SSSR count). The predicted octanol–water partition coefficient (Wildman–Crippen LogP) is 4.15. The molecule has 31 heavy (non-hydrogen) atoms. The fourth-order valence-electron chi connectivity index (χ4n) is 4.16. The van der Waals surface area contributed by atoms with Crippen molar-refractivity contribution in [3.8, 4) is 34.1 Å². The molecule has 0 radical (unpaired) electrons. The van der Waals surface area contributed by atoms with Gasteiger partial charge in [-0.1, -0.05) is 12.1 Å². The molecular weight excluding hydrogens is 400 g/mol. The molecule has 0 unspecified atom stereocenters. The molecule has 7 nitrogen and oxygen atoms in total. The molecule has 0 amide bonds. The Morgan fingerprint density at radius 2 is 1.55 bits per heavy atom. The van der Waals surface area contributed by atoms with E-state index in [-0.39, 0.29) is 12.4 Å². The molecule has 1 aliphatic rings. The number of hydrogen-bond acceptors (Lipinski definition) is 7. The minimum absolute atomic E-state index is 0.0344. The van der Waals surface area contributed by atoms with Crippen LogP contribution in [0.1, 0.15) is 28.4 Å². The van der Waals surface area contributed by atoms with Crippen LogP contribution in [-0.4, -0.2) is 40.2 Å². The molecule has 0 atom stereocenters. The molecular formula is C24H22O7. The van der Waals surface area contributed by atoms with E-state index in [2.05, 4.69) is 0 Å². The van der Waals surface area contributed by atoms with Crippen molar-refractivity contribution < 1.29 is 33.3 Å². The Balaban J connectivity index is 2.09. The molecule has 0 heterocycles. The second-order valence-electron chi connectivity index (χ2n) is 7.03. The maximum Gasteiger partial charge on any atom is 0.302 e. The van der Waals surface area contributed by atoms with Crippen LogP contribution in [-0.2, 0) is 16.1 Å². The first-order valence-electron chi connectivity index (χ1n) is 9.60. The van der Waals surface area contributed by atoms with Crippen LogP contribution in [0.25, 0.3) is 21.9 Å². The first-order valence-corrected chi connectivity index (χ1v) is 9.60. The molecule has 7 heteroatoms. The van der Waals surface area contributed by atoms with Crippen LogP contribution in [0.3, 0.4) is 0 Å². The summed E-state index contributed by atoms with van der Waals surface area (Å²) in [6, 6.07) is 9.02. The summed E-state index contributed by atoms with van der Waals surface area (Å²) in [6.07, 6.45) is 0. The van der Waals surface area contributed by atoms with Crippen molar-refractivity contribution in [2.24, 2.45) is 0 Å². The number of esters is 1. The minimum Gasteiger partial charge on any atom is -0.496 e. The molecule has 1 aliphatic carbocycles. The van der Waals surface area contributed by atoms with Gasteiger partial charge in [-0.15, -0.1) is 0 Å². The number of benzene rings is 3. The summed E-state index contributed by atoms with van der Waals surface area (Å²) in [7, 11) is 6.18. The quantitative estimate of drug-likeness (QED) is 0.432. The number of ether oxygens (including phenoxy) is 5. The van der Waals surface area contributed by atoms with Crippen molar-refractivity contribution in [3.05, 3.63) is 47.0 Å². The van der Waals surface area contributed by atoms with Crippen LogP contribution < -0.4 is 18.9 Å². The lowest BCUT2D eigenvalue weighted by molar-refractivity contribution is -0.142. The molecule has 0 N–H and O–H groups in total. The molecule has 0 aliphatic heterocycles. The fraction of sp³-hybridized carbons (Fsp3) is 0.250. The van der Waals surface area contributed by atoms with Gasteiger partial charge in [-0.3, -0.25) is 9.59 Å². The van der Waals surface area contributed by atoms with E-state index in [0.717, 1.165) is 5.39 Å². The third-order valence-corrected chi connectivity index (χ3v) is 5.38. The lowest BCUT2D eigenvalue weighted by Crippen LogP contribution is -2.03. The summed E-state index contributed by atoms with van der Waals surface area (Å²) < 4.78 is 27.8. The van der Waals surface area contributed by atoms with Crippen LogP contribution >= 0.6 is 0 Å². The molecule has 160 valence electrons. The summed E-state index contributed by atoms with van der Waals surface area (Å²) >= 11 is 0. The Labute approximate surface area is 179 Å². The summed E-state index contributed by atoms with van der Waals surface area (Å²) in [6.45, 7) is 1.37. The van der Waals surface area contributed by atoms with E-state index in [9.17, 15) is 9.59 Å². The number of fused-ring (bicyclic) bond motifs is 4. The highest BCUT2D eigenvalue weighted by Crippen LogP contribution is 2.55. The lowest BCUT2D eigenvalue weighted by atomic mass is 9.96. The maximum atomic E-state index is 13.6. The highest BCUT2D eigenvalue weighted by Gasteiger charge is 2.38. The number of carbonyl (C=O) groups excluding carboxylic acids is 2. The third-order valence-electron chi connectivity index (χ3n) is 5.38. The molecule has 0 fully saturated rings. The highest BCUT2D eigenvalue weighted by molar-refractivity contribution is 6.28. The average molecular weight is 422 g/mol. The Morgan fingerprint density at radius 3 is 2.16 bits per heavy atom. The summed E-state index contributed by atoms with van der Waals surface area (Å²) in [5.74, 6) is 1.36. The van der Waals surface area contributed by atoms with Gasteiger partial charge in [0.05, 0.1) is 39.4 Å². The lowest BCUT2D eigenvalue weighted by Gasteiger charge is -2.18. The number of rotatable bonds is 6. The van der Waals surface area contributed by atoms with Gasteiger partial charge in [0.15, 0.2) is 5.78 Å². The van der Waals surface area contributed by atoms with Crippen molar-refractivity contribution in [2.45, 2.75) is 13.5 Å². The Hall–Kier alpha value is -3.74. The van der Waals surface area contributed by atoms with E-state index >= 15 is 0 Å². The van der Waals surface area contributed by atoms with Gasteiger partial charge >= 0.3 is 5.97 Å². The largest absolute Gasteiger partial charge is 0.496 e. The normalized spacial score (nSPS) is 11.7. The standard InChI is InChI=1S/C24H22O7/c1-12(25)31-11-13-9-15-18(17(10-13)28-3)20-21(22(15)26)24(30-5)19-14(23(20)29-4)7-6-8-16(19)27-2/h6-10H,11H2,1-5H3.